The van der Waals surface area contributed by atoms with Gasteiger partial charge in [-0.1, -0.05) is 65.9 Å². The predicted molar refractivity (Wildman–Crippen MR) is 276 cm³/mol. The van der Waals surface area contributed by atoms with E-state index in [1.54, 1.807) is 9.80 Å². The maximum absolute atomic E-state index is 13.0. The first-order valence-corrected chi connectivity index (χ1v) is 25.2. The summed E-state index contributed by atoms with van der Waals surface area (Å²) in [7, 11) is 2.85. The molecule has 2 aliphatic heterocycles. The van der Waals surface area contributed by atoms with Crippen molar-refractivity contribution >= 4 is 46.2 Å². The Morgan fingerprint density at radius 2 is 1.08 bits per heavy atom. The molecule has 2 aliphatic rings. The van der Waals surface area contributed by atoms with Crippen LogP contribution in [0.15, 0.2) is 60.7 Å². The van der Waals surface area contributed by atoms with Crippen LogP contribution in [0.2, 0.25) is 0 Å². The quantitative estimate of drug-likeness (QED) is 0.0890. The van der Waals surface area contributed by atoms with Gasteiger partial charge in [-0.2, -0.15) is 0 Å². The average molecular weight is 985 g/mol. The van der Waals surface area contributed by atoms with Crippen molar-refractivity contribution in [1.82, 2.24) is 39.8 Å². The minimum Gasteiger partial charge on any atom is -0.469 e. The average Bonchev–Trinajstić information content (AvgIpc) is 3.99. The third kappa shape index (κ3) is 11.6. The molecule has 1 unspecified atom stereocenters. The van der Waals surface area contributed by atoms with Gasteiger partial charge in [-0.15, -0.1) is 10.2 Å². The largest absolute Gasteiger partial charge is 0.469 e. The van der Waals surface area contributed by atoms with Crippen LogP contribution in [0.25, 0.3) is 22.1 Å². The fourth-order valence-electron chi connectivity index (χ4n) is 10.1. The van der Waals surface area contributed by atoms with E-state index in [4.69, 9.17) is 18.9 Å². The standard InChI is InChI=1S/C29H38N4O4.C27H34N4O4/c1-8-22(27(34)36-7)25(23-12-13-24-26(18(23)3)30-31-33(24)9-2)20-11-10-19-14-15-32(17-21(19)16-20)28(35)37-29(4,5)6;1-7-31-23-11-10-21(17(2)25(23)28-29-31)22(15-24(32)34-6)19-9-8-18-12-13-30(16-20(18)14-19)26(33)35-27(3,4)5/h10-13,16,22,25H,8-9,14-15,17H2,1-7H3;8-11,14,22H,7,12-13,15-16H2,1-6H3/t22?,25-;22-/m10/s1. The lowest BCUT2D eigenvalue weighted by Gasteiger charge is -2.32. The number of carbonyl (C=O) groups excluding carboxylic acids is 4. The Morgan fingerprint density at radius 1 is 0.611 bits per heavy atom. The number of hydrogen-bond donors (Lipinski definition) is 0. The van der Waals surface area contributed by atoms with E-state index in [1.807, 2.05) is 97.7 Å². The molecule has 16 nitrogen and oxygen atoms in total. The van der Waals surface area contributed by atoms with Gasteiger partial charge in [-0.3, -0.25) is 9.59 Å². The van der Waals surface area contributed by atoms with Gasteiger partial charge < -0.3 is 28.7 Å². The van der Waals surface area contributed by atoms with Crippen molar-refractivity contribution in [3.8, 4) is 0 Å². The summed E-state index contributed by atoms with van der Waals surface area (Å²) in [5.41, 5.74) is 13.2. The highest BCUT2D eigenvalue weighted by molar-refractivity contribution is 5.82. The van der Waals surface area contributed by atoms with Crippen LogP contribution in [0.5, 0.6) is 0 Å². The Labute approximate surface area is 423 Å². The zero-order chi connectivity index (χ0) is 52.2. The predicted octanol–water partition coefficient (Wildman–Crippen LogP) is 10.1. The van der Waals surface area contributed by atoms with Crippen molar-refractivity contribution in [3.05, 3.63) is 116 Å². The van der Waals surface area contributed by atoms with Gasteiger partial charge in [0.15, 0.2) is 0 Å². The lowest BCUT2D eigenvalue weighted by molar-refractivity contribution is -0.146. The van der Waals surface area contributed by atoms with E-state index in [2.05, 4.69) is 69.2 Å². The van der Waals surface area contributed by atoms with Crippen LogP contribution >= 0.6 is 0 Å². The normalized spacial score (nSPS) is 14.9. The summed E-state index contributed by atoms with van der Waals surface area (Å²) >= 11 is 0. The molecule has 0 fully saturated rings. The molecule has 3 atom stereocenters. The van der Waals surface area contributed by atoms with Crippen LogP contribution in [0, 0.1) is 19.8 Å². The second-order valence-electron chi connectivity index (χ2n) is 20.8. The zero-order valence-corrected chi connectivity index (χ0v) is 44.4. The topological polar surface area (TPSA) is 173 Å². The number of ether oxygens (including phenoxy) is 4. The number of esters is 2. The third-order valence-corrected chi connectivity index (χ3v) is 13.8. The molecule has 0 saturated carbocycles. The molecule has 0 N–H and O–H groups in total. The van der Waals surface area contributed by atoms with Crippen molar-refractivity contribution in [3.63, 3.8) is 0 Å². The van der Waals surface area contributed by atoms with Crippen molar-refractivity contribution in [2.24, 2.45) is 5.92 Å². The van der Waals surface area contributed by atoms with Gasteiger partial charge in [-0.05, 0) is 156 Å². The lowest BCUT2D eigenvalue weighted by atomic mass is 9.76. The molecule has 0 radical (unpaired) electrons. The van der Waals surface area contributed by atoms with E-state index in [9.17, 15) is 19.2 Å². The molecule has 384 valence electrons. The number of amides is 2. The van der Waals surface area contributed by atoms with Crippen molar-refractivity contribution in [2.45, 2.75) is 151 Å². The Morgan fingerprint density at radius 3 is 1.54 bits per heavy atom. The van der Waals surface area contributed by atoms with Gasteiger partial charge in [0.2, 0.25) is 0 Å². The molecular formula is C56H72N8O8. The van der Waals surface area contributed by atoms with Gasteiger partial charge in [0.1, 0.15) is 22.2 Å². The first-order valence-electron chi connectivity index (χ1n) is 25.2. The van der Waals surface area contributed by atoms with E-state index in [0.29, 0.717) is 32.6 Å². The molecule has 8 rings (SSSR count). The minimum absolute atomic E-state index is 0.208. The number of fused-ring (bicyclic) bond motifs is 4. The molecule has 0 bridgehead atoms. The van der Waals surface area contributed by atoms with Crippen molar-refractivity contribution < 1.29 is 38.1 Å². The molecule has 2 aromatic heterocycles. The number of rotatable bonds is 11. The first-order chi connectivity index (χ1) is 34.2. The van der Waals surface area contributed by atoms with E-state index >= 15 is 0 Å². The van der Waals surface area contributed by atoms with Gasteiger partial charge in [-0.25, -0.2) is 19.0 Å². The molecular weight excluding hydrogens is 913 g/mol. The Balaban J connectivity index is 0.000000212. The molecule has 0 saturated heterocycles. The monoisotopic (exact) mass is 985 g/mol. The molecule has 0 aliphatic carbocycles. The second kappa shape index (κ2) is 21.9. The van der Waals surface area contributed by atoms with E-state index < -0.39 is 11.2 Å². The highest BCUT2D eigenvalue weighted by Crippen LogP contribution is 2.40. The summed E-state index contributed by atoms with van der Waals surface area (Å²) < 4.78 is 25.2. The molecule has 2 amide bonds. The van der Waals surface area contributed by atoms with Crippen LogP contribution in [0.4, 0.5) is 9.59 Å². The van der Waals surface area contributed by atoms with Crippen LogP contribution < -0.4 is 0 Å². The first kappa shape index (κ1) is 53.0. The molecule has 4 heterocycles. The smallest absolute Gasteiger partial charge is 0.410 e. The Bertz CT molecular complexity index is 2960. The number of carbonyl (C=O) groups is 4. The van der Waals surface area contributed by atoms with Crippen LogP contribution in [0.3, 0.4) is 0 Å². The summed E-state index contributed by atoms with van der Waals surface area (Å²) in [5.74, 6) is -1.32. The summed E-state index contributed by atoms with van der Waals surface area (Å²) in [4.78, 5) is 54.4. The van der Waals surface area contributed by atoms with Gasteiger partial charge in [0.05, 0.1) is 37.6 Å². The highest BCUT2D eigenvalue weighted by atomic mass is 16.6. The number of benzene rings is 4. The molecule has 72 heavy (non-hydrogen) atoms. The minimum atomic E-state index is -0.547. The number of hydrogen-bond acceptors (Lipinski definition) is 12. The maximum atomic E-state index is 13.0. The summed E-state index contributed by atoms with van der Waals surface area (Å²) in [6, 6.07) is 20.9. The lowest BCUT2D eigenvalue weighted by Crippen LogP contribution is -2.40. The zero-order valence-electron chi connectivity index (χ0n) is 44.4. The summed E-state index contributed by atoms with van der Waals surface area (Å²) in [6.07, 6.45) is 1.75. The van der Waals surface area contributed by atoms with E-state index in [0.717, 1.165) is 92.5 Å². The Hall–Kier alpha value is -6.84. The third-order valence-electron chi connectivity index (χ3n) is 13.8. The van der Waals surface area contributed by atoms with Gasteiger partial charge in [0, 0.05) is 51.1 Å². The van der Waals surface area contributed by atoms with Gasteiger partial charge in [0.25, 0.3) is 0 Å². The Kier molecular flexibility index (Phi) is 16.1. The fraction of sp³-hybridized carbons (Fsp3) is 0.500. The second-order valence-corrected chi connectivity index (χ2v) is 20.8. The number of nitrogens with zero attached hydrogens (tertiary/aromatic N) is 8. The highest BCUT2D eigenvalue weighted by Gasteiger charge is 2.34. The van der Waals surface area contributed by atoms with Crippen LogP contribution in [0.1, 0.15) is 143 Å². The SMILES string of the molecule is CCC(C(=O)OC)[C@@H](c1ccc2c(c1)CN(C(=O)OC(C)(C)C)CC2)c1ccc2c(nnn2CC)c1C.CCn1nnc2c(C)c([C@@H](CC(=O)OC)c3ccc4c(c3)CN(C(=O)OC(C)(C)C)CC4)ccc21. The molecule has 6 aromatic rings. The van der Waals surface area contributed by atoms with Crippen LogP contribution in [-0.2, 0) is 67.6 Å². The van der Waals surface area contributed by atoms with E-state index in [1.165, 1.54) is 25.3 Å². The number of aromatic nitrogens is 6. The number of aryl methyl sites for hydroxylation is 4. The molecule has 16 heteroatoms. The van der Waals surface area contributed by atoms with Crippen molar-refractivity contribution in [2.75, 3.05) is 27.3 Å². The number of methoxy groups -OCH3 is 2. The summed E-state index contributed by atoms with van der Waals surface area (Å²) in [5, 5.41) is 17.4. The van der Waals surface area contributed by atoms with Crippen molar-refractivity contribution in [1.29, 1.82) is 0 Å². The van der Waals surface area contributed by atoms with E-state index in [-0.39, 0.29) is 48.3 Å². The maximum Gasteiger partial charge on any atom is 0.410 e. The molecule has 4 aromatic carbocycles. The van der Waals surface area contributed by atoms with Gasteiger partial charge >= 0.3 is 24.1 Å². The van der Waals surface area contributed by atoms with Crippen LogP contribution in [-0.4, -0.2) is 102 Å². The fourth-order valence-corrected chi connectivity index (χ4v) is 10.1. The summed E-state index contributed by atoms with van der Waals surface area (Å²) in [6.45, 7) is 25.1. The molecule has 0 spiro atoms.